The van der Waals surface area contributed by atoms with E-state index >= 15 is 0 Å². The first-order valence-corrected chi connectivity index (χ1v) is 8.16. The van der Waals surface area contributed by atoms with Crippen LogP contribution >= 0.6 is 22.6 Å². The summed E-state index contributed by atoms with van der Waals surface area (Å²) in [6, 6.07) is 7.81. The second-order valence-corrected chi connectivity index (χ2v) is 7.32. The van der Waals surface area contributed by atoms with Gasteiger partial charge in [0, 0.05) is 21.2 Å². The van der Waals surface area contributed by atoms with Gasteiger partial charge in [-0.15, -0.1) is 0 Å². The smallest absolute Gasteiger partial charge is 0.176 e. The standard InChI is InChI=1S/C16H23IN2O/c1-18(2)16(9-4-10-16)12-19(3)11-15(20)13-5-7-14(17)8-6-13/h5-8H,4,9-12H2,1-3H3. The van der Waals surface area contributed by atoms with Crippen molar-refractivity contribution in [3.8, 4) is 0 Å². The van der Waals surface area contributed by atoms with Crippen molar-refractivity contribution in [2.24, 2.45) is 0 Å². The van der Waals surface area contributed by atoms with Crippen molar-refractivity contribution in [1.29, 1.82) is 0 Å². The second kappa shape index (κ2) is 6.54. The molecule has 2 rings (SSSR count). The number of ketones is 1. The summed E-state index contributed by atoms with van der Waals surface area (Å²) in [5.41, 5.74) is 1.09. The Kier molecular flexibility index (Phi) is 5.20. The maximum absolute atomic E-state index is 12.3. The average Bonchev–Trinajstić information content (AvgIpc) is 2.34. The molecule has 1 aromatic carbocycles. The lowest BCUT2D eigenvalue weighted by Crippen LogP contribution is -2.57. The largest absolute Gasteiger partial charge is 0.302 e. The van der Waals surface area contributed by atoms with Crippen molar-refractivity contribution in [2.45, 2.75) is 24.8 Å². The average molecular weight is 386 g/mol. The van der Waals surface area contributed by atoms with E-state index in [4.69, 9.17) is 0 Å². The third-order valence-electron chi connectivity index (χ3n) is 4.38. The van der Waals surface area contributed by atoms with Gasteiger partial charge in [0.25, 0.3) is 0 Å². The molecule has 0 aliphatic heterocycles. The van der Waals surface area contributed by atoms with E-state index in [-0.39, 0.29) is 11.3 Å². The van der Waals surface area contributed by atoms with Gasteiger partial charge in [0.2, 0.25) is 0 Å². The van der Waals surface area contributed by atoms with E-state index in [0.717, 1.165) is 15.7 Å². The van der Waals surface area contributed by atoms with Crippen molar-refractivity contribution in [1.82, 2.24) is 9.80 Å². The Hall–Kier alpha value is -0.460. The SMILES string of the molecule is CN(CC(=O)c1ccc(I)cc1)CC1(N(C)C)CCC1. The topological polar surface area (TPSA) is 23.6 Å². The quantitative estimate of drug-likeness (QED) is 0.555. The van der Waals surface area contributed by atoms with E-state index < -0.39 is 0 Å². The fourth-order valence-electron chi connectivity index (χ4n) is 2.86. The number of carbonyl (C=O) groups excluding carboxylic acids is 1. The normalized spacial score (nSPS) is 17.3. The summed E-state index contributed by atoms with van der Waals surface area (Å²) >= 11 is 2.26. The highest BCUT2D eigenvalue weighted by atomic mass is 127. The van der Waals surface area contributed by atoms with Crippen molar-refractivity contribution in [3.63, 3.8) is 0 Å². The third-order valence-corrected chi connectivity index (χ3v) is 5.10. The predicted octanol–water partition coefficient (Wildman–Crippen LogP) is 2.89. The Bertz CT molecular complexity index is 466. The number of nitrogens with zero attached hydrogens (tertiary/aromatic N) is 2. The minimum atomic E-state index is 0.206. The van der Waals surface area contributed by atoms with E-state index in [1.54, 1.807) is 0 Å². The summed E-state index contributed by atoms with van der Waals surface area (Å²) in [6.07, 6.45) is 3.78. The molecule has 110 valence electrons. The molecule has 0 unspecified atom stereocenters. The van der Waals surface area contributed by atoms with Crippen LogP contribution in [0.25, 0.3) is 0 Å². The molecular formula is C16H23IN2O. The van der Waals surface area contributed by atoms with Crippen LogP contribution in [0.5, 0.6) is 0 Å². The molecule has 0 amide bonds. The molecule has 0 spiro atoms. The van der Waals surface area contributed by atoms with Gasteiger partial charge >= 0.3 is 0 Å². The monoisotopic (exact) mass is 386 g/mol. The summed E-state index contributed by atoms with van der Waals surface area (Å²) in [4.78, 5) is 16.8. The zero-order valence-corrected chi connectivity index (χ0v) is 14.7. The minimum absolute atomic E-state index is 0.206. The van der Waals surface area contributed by atoms with E-state index in [1.165, 1.54) is 19.3 Å². The van der Waals surface area contributed by atoms with Crippen LogP contribution in [0, 0.1) is 3.57 Å². The zero-order valence-electron chi connectivity index (χ0n) is 12.5. The van der Waals surface area contributed by atoms with Crippen molar-refractivity contribution in [3.05, 3.63) is 33.4 Å². The molecular weight excluding hydrogens is 363 g/mol. The molecule has 0 saturated heterocycles. The molecule has 3 nitrogen and oxygen atoms in total. The van der Waals surface area contributed by atoms with Crippen LogP contribution in [-0.2, 0) is 0 Å². The van der Waals surface area contributed by atoms with Crippen LogP contribution in [-0.4, -0.2) is 55.4 Å². The fraction of sp³-hybridized carbons (Fsp3) is 0.562. The summed E-state index contributed by atoms with van der Waals surface area (Å²) in [6.45, 7) is 1.46. The first kappa shape index (κ1) is 15.9. The van der Waals surface area contributed by atoms with Gasteiger partial charge in [0.1, 0.15) is 0 Å². The third kappa shape index (κ3) is 3.59. The molecule has 0 aromatic heterocycles. The lowest BCUT2D eigenvalue weighted by atomic mass is 9.75. The predicted molar refractivity (Wildman–Crippen MR) is 91.3 cm³/mol. The highest BCUT2D eigenvalue weighted by Gasteiger charge is 2.39. The summed E-state index contributed by atoms with van der Waals surface area (Å²) in [5, 5.41) is 0. The number of rotatable bonds is 6. The molecule has 0 radical (unpaired) electrons. The highest BCUT2D eigenvalue weighted by molar-refractivity contribution is 14.1. The lowest BCUT2D eigenvalue weighted by molar-refractivity contribution is 0.0280. The maximum atomic E-state index is 12.3. The van der Waals surface area contributed by atoms with Gasteiger partial charge in [0.15, 0.2) is 5.78 Å². The van der Waals surface area contributed by atoms with Gasteiger partial charge in [-0.3, -0.25) is 9.69 Å². The van der Waals surface area contributed by atoms with Crippen LogP contribution in [0.1, 0.15) is 29.6 Å². The number of benzene rings is 1. The van der Waals surface area contributed by atoms with E-state index in [1.807, 2.05) is 31.3 Å². The Balaban J connectivity index is 1.92. The number of carbonyl (C=O) groups is 1. The van der Waals surface area contributed by atoms with Gasteiger partial charge in [0.05, 0.1) is 6.54 Å². The Morgan fingerprint density at radius 2 is 1.80 bits per heavy atom. The number of likely N-dealkylation sites (N-methyl/N-ethyl adjacent to an activating group) is 2. The van der Waals surface area contributed by atoms with Crippen molar-refractivity contribution < 1.29 is 4.79 Å². The highest BCUT2D eigenvalue weighted by Crippen LogP contribution is 2.36. The van der Waals surface area contributed by atoms with Crippen LogP contribution in [0.15, 0.2) is 24.3 Å². The molecule has 1 aliphatic rings. The lowest BCUT2D eigenvalue weighted by Gasteiger charge is -2.49. The Morgan fingerprint density at radius 1 is 1.20 bits per heavy atom. The van der Waals surface area contributed by atoms with Crippen LogP contribution < -0.4 is 0 Å². The summed E-state index contributed by atoms with van der Waals surface area (Å²) < 4.78 is 1.16. The van der Waals surface area contributed by atoms with Crippen molar-refractivity contribution >= 4 is 28.4 Å². The molecule has 0 N–H and O–H groups in total. The number of hydrogen-bond donors (Lipinski definition) is 0. The molecule has 1 fully saturated rings. The molecule has 0 heterocycles. The maximum Gasteiger partial charge on any atom is 0.176 e. The molecule has 4 heteroatoms. The minimum Gasteiger partial charge on any atom is -0.302 e. The van der Waals surface area contributed by atoms with E-state index in [0.29, 0.717) is 6.54 Å². The second-order valence-electron chi connectivity index (χ2n) is 6.07. The summed E-state index contributed by atoms with van der Waals surface area (Å²) in [7, 11) is 6.34. The fourth-order valence-corrected chi connectivity index (χ4v) is 3.22. The number of Topliss-reactive ketones (excluding diaryl/α,β-unsaturated/α-hetero) is 1. The van der Waals surface area contributed by atoms with Crippen LogP contribution in [0.2, 0.25) is 0 Å². The Labute approximate surface area is 135 Å². The number of halogens is 1. The zero-order chi connectivity index (χ0) is 14.8. The van der Waals surface area contributed by atoms with E-state index in [2.05, 4.69) is 46.5 Å². The molecule has 0 atom stereocenters. The molecule has 0 bridgehead atoms. The van der Waals surface area contributed by atoms with Gasteiger partial charge in [-0.2, -0.15) is 0 Å². The summed E-state index contributed by atoms with van der Waals surface area (Å²) in [5.74, 6) is 0.206. The molecule has 20 heavy (non-hydrogen) atoms. The van der Waals surface area contributed by atoms with Gasteiger partial charge in [-0.05, 0) is 75.1 Å². The molecule has 1 aliphatic carbocycles. The van der Waals surface area contributed by atoms with Gasteiger partial charge in [-0.25, -0.2) is 0 Å². The first-order valence-electron chi connectivity index (χ1n) is 7.08. The molecule has 1 aromatic rings. The molecule has 1 saturated carbocycles. The number of hydrogen-bond acceptors (Lipinski definition) is 3. The van der Waals surface area contributed by atoms with Crippen LogP contribution in [0.3, 0.4) is 0 Å². The van der Waals surface area contributed by atoms with Crippen LogP contribution in [0.4, 0.5) is 0 Å². The van der Waals surface area contributed by atoms with Crippen molar-refractivity contribution in [2.75, 3.05) is 34.2 Å². The van der Waals surface area contributed by atoms with Gasteiger partial charge in [-0.1, -0.05) is 12.1 Å². The Morgan fingerprint density at radius 3 is 2.25 bits per heavy atom. The van der Waals surface area contributed by atoms with Gasteiger partial charge < -0.3 is 4.90 Å². The first-order chi connectivity index (χ1) is 9.43. The van der Waals surface area contributed by atoms with E-state index in [9.17, 15) is 4.79 Å².